The number of Topliss-reactive ketones (excluding diaryl/α,β-unsaturated/α-hetero) is 1. The molecule has 3 rings (SSSR count). The fourth-order valence-corrected chi connectivity index (χ4v) is 3.52. The smallest absolute Gasteiger partial charge is 0.253 e. The molecule has 0 radical (unpaired) electrons. The largest absolute Gasteiger partial charge is 0.339 e. The van der Waals surface area contributed by atoms with Gasteiger partial charge in [0.1, 0.15) is 0 Å². The molecule has 1 aliphatic rings. The number of rotatable bonds is 3. The highest BCUT2D eigenvalue weighted by Crippen LogP contribution is 2.25. The van der Waals surface area contributed by atoms with Gasteiger partial charge < -0.3 is 4.90 Å². The van der Waals surface area contributed by atoms with Gasteiger partial charge in [-0.2, -0.15) is 0 Å². The van der Waals surface area contributed by atoms with Gasteiger partial charge in [0, 0.05) is 24.6 Å². The topological polar surface area (TPSA) is 37.4 Å². The van der Waals surface area contributed by atoms with Gasteiger partial charge in [0.05, 0.1) is 4.88 Å². The van der Waals surface area contributed by atoms with Crippen molar-refractivity contribution in [1.82, 2.24) is 4.90 Å². The molecule has 0 atom stereocenters. The second-order valence-electron chi connectivity index (χ2n) is 5.54. The van der Waals surface area contributed by atoms with Crippen LogP contribution in [-0.2, 0) is 0 Å². The molecule has 0 bridgehead atoms. The minimum atomic E-state index is -1.03. The SMILES string of the molecule is O=C(c1cccs1)C1CCN(C(=O)c2ccc(F)c(F)c2)CC1. The van der Waals surface area contributed by atoms with Gasteiger partial charge in [0.2, 0.25) is 0 Å². The summed E-state index contributed by atoms with van der Waals surface area (Å²) in [5.74, 6) is -2.28. The van der Waals surface area contributed by atoms with Gasteiger partial charge in [-0.3, -0.25) is 9.59 Å². The van der Waals surface area contributed by atoms with Crippen LogP contribution in [0.3, 0.4) is 0 Å². The highest BCUT2D eigenvalue weighted by atomic mass is 32.1. The number of benzene rings is 1. The van der Waals surface area contributed by atoms with E-state index in [0.717, 1.165) is 17.0 Å². The zero-order valence-electron chi connectivity index (χ0n) is 12.3. The minimum absolute atomic E-state index is 0.0809. The van der Waals surface area contributed by atoms with E-state index in [-0.39, 0.29) is 23.2 Å². The normalized spacial score (nSPS) is 15.7. The van der Waals surface area contributed by atoms with E-state index in [2.05, 4.69) is 0 Å². The molecule has 0 spiro atoms. The number of nitrogens with zero attached hydrogens (tertiary/aromatic N) is 1. The molecule has 0 saturated carbocycles. The van der Waals surface area contributed by atoms with Gasteiger partial charge in [0.25, 0.3) is 5.91 Å². The van der Waals surface area contributed by atoms with E-state index in [1.165, 1.54) is 17.4 Å². The maximum absolute atomic E-state index is 13.2. The van der Waals surface area contributed by atoms with E-state index in [9.17, 15) is 18.4 Å². The first-order valence-corrected chi connectivity index (χ1v) is 8.26. The second-order valence-corrected chi connectivity index (χ2v) is 6.48. The van der Waals surface area contributed by atoms with Crippen molar-refractivity contribution in [3.8, 4) is 0 Å². The van der Waals surface area contributed by atoms with Crippen LogP contribution >= 0.6 is 11.3 Å². The average Bonchev–Trinajstić information content (AvgIpc) is 3.11. The van der Waals surface area contributed by atoms with Crippen LogP contribution in [0.15, 0.2) is 35.7 Å². The summed E-state index contributed by atoms with van der Waals surface area (Å²) in [5.41, 5.74) is 0.131. The molecule has 1 fully saturated rings. The highest BCUT2D eigenvalue weighted by Gasteiger charge is 2.29. The molecule has 2 heterocycles. The Morgan fingerprint density at radius 1 is 1.09 bits per heavy atom. The number of carbonyl (C=O) groups is 2. The quantitative estimate of drug-likeness (QED) is 0.801. The number of piperidine rings is 1. The summed E-state index contributed by atoms with van der Waals surface area (Å²) in [4.78, 5) is 27.0. The molecule has 0 N–H and O–H groups in total. The fourth-order valence-electron chi connectivity index (χ4n) is 2.78. The summed E-state index contributed by atoms with van der Waals surface area (Å²) in [6.45, 7) is 0.888. The van der Waals surface area contributed by atoms with Crippen LogP contribution in [0.5, 0.6) is 0 Å². The first-order chi connectivity index (χ1) is 11.1. The van der Waals surface area contributed by atoms with Crippen LogP contribution in [-0.4, -0.2) is 29.7 Å². The molecule has 1 aromatic carbocycles. The lowest BCUT2D eigenvalue weighted by atomic mass is 9.91. The predicted molar refractivity (Wildman–Crippen MR) is 83.6 cm³/mol. The molecule has 6 heteroatoms. The Morgan fingerprint density at radius 2 is 1.83 bits per heavy atom. The van der Waals surface area contributed by atoms with Crippen LogP contribution in [0, 0.1) is 17.6 Å². The zero-order valence-corrected chi connectivity index (χ0v) is 13.1. The van der Waals surface area contributed by atoms with E-state index in [1.54, 1.807) is 4.90 Å². The number of halogens is 2. The van der Waals surface area contributed by atoms with Crippen molar-refractivity contribution in [3.63, 3.8) is 0 Å². The van der Waals surface area contributed by atoms with Crippen molar-refractivity contribution >= 4 is 23.0 Å². The van der Waals surface area contributed by atoms with E-state index in [4.69, 9.17) is 0 Å². The Morgan fingerprint density at radius 3 is 2.43 bits per heavy atom. The van der Waals surface area contributed by atoms with Crippen molar-refractivity contribution in [3.05, 3.63) is 57.8 Å². The van der Waals surface area contributed by atoms with Gasteiger partial charge >= 0.3 is 0 Å². The third kappa shape index (κ3) is 3.32. The van der Waals surface area contributed by atoms with E-state index < -0.39 is 11.6 Å². The number of carbonyl (C=O) groups excluding carboxylic acids is 2. The molecule has 0 unspecified atom stereocenters. The number of hydrogen-bond donors (Lipinski definition) is 0. The van der Waals surface area contributed by atoms with E-state index in [1.807, 2.05) is 17.5 Å². The zero-order chi connectivity index (χ0) is 16.4. The molecule has 0 aliphatic carbocycles. The number of thiophene rings is 1. The maximum Gasteiger partial charge on any atom is 0.253 e. The summed E-state index contributed by atoms with van der Waals surface area (Å²) in [6, 6.07) is 6.81. The van der Waals surface area contributed by atoms with Crippen LogP contribution in [0.25, 0.3) is 0 Å². The monoisotopic (exact) mass is 335 g/mol. The van der Waals surface area contributed by atoms with Crippen LogP contribution in [0.2, 0.25) is 0 Å². The molecular weight excluding hydrogens is 320 g/mol. The van der Waals surface area contributed by atoms with E-state index >= 15 is 0 Å². The van der Waals surface area contributed by atoms with Gasteiger partial charge in [-0.25, -0.2) is 8.78 Å². The average molecular weight is 335 g/mol. The maximum atomic E-state index is 13.2. The van der Waals surface area contributed by atoms with Crippen LogP contribution in [0.1, 0.15) is 32.9 Å². The van der Waals surface area contributed by atoms with Crippen molar-refractivity contribution in [2.75, 3.05) is 13.1 Å². The van der Waals surface area contributed by atoms with Gasteiger partial charge in [0.15, 0.2) is 17.4 Å². The molecular formula is C17H15F2NO2S. The van der Waals surface area contributed by atoms with Crippen LogP contribution in [0.4, 0.5) is 8.78 Å². The Labute approximate surface area is 136 Å². The lowest BCUT2D eigenvalue weighted by molar-refractivity contribution is 0.0651. The third-order valence-electron chi connectivity index (χ3n) is 4.08. The Hall–Kier alpha value is -2.08. The summed E-state index contributed by atoms with van der Waals surface area (Å²) in [5, 5.41) is 1.87. The van der Waals surface area contributed by atoms with Crippen molar-refractivity contribution in [2.24, 2.45) is 5.92 Å². The van der Waals surface area contributed by atoms with E-state index in [0.29, 0.717) is 25.9 Å². The molecule has 120 valence electrons. The lowest BCUT2D eigenvalue weighted by Crippen LogP contribution is -2.40. The number of amides is 1. The third-order valence-corrected chi connectivity index (χ3v) is 4.97. The molecule has 1 aliphatic heterocycles. The second kappa shape index (κ2) is 6.58. The van der Waals surface area contributed by atoms with Crippen LogP contribution < -0.4 is 0 Å². The lowest BCUT2D eigenvalue weighted by Gasteiger charge is -2.31. The first kappa shape index (κ1) is 15.8. The first-order valence-electron chi connectivity index (χ1n) is 7.38. The summed E-state index contributed by atoms with van der Waals surface area (Å²) < 4.78 is 26.2. The molecule has 1 saturated heterocycles. The standard InChI is InChI=1S/C17H15F2NO2S/c18-13-4-3-12(10-14(13)19)17(22)20-7-5-11(6-8-20)16(21)15-2-1-9-23-15/h1-4,9-11H,5-8H2. The van der Waals surface area contributed by atoms with Gasteiger partial charge in [-0.15, -0.1) is 11.3 Å². The van der Waals surface area contributed by atoms with Crippen molar-refractivity contribution in [1.29, 1.82) is 0 Å². The minimum Gasteiger partial charge on any atom is -0.339 e. The number of likely N-dealkylation sites (tertiary alicyclic amines) is 1. The Kier molecular flexibility index (Phi) is 4.52. The highest BCUT2D eigenvalue weighted by molar-refractivity contribution is 7.12. The summed E-state index contributed by atoms with van der Waals surface area (Å²) >= 11 is 1.42. The fraction of sp³-hybridized carbons (Fsp3) is 0.294. The summed E-state index contributed by atoms with van der Waals surface area (Å²) in [7, 11) is 0. The van der Waals surface area contributed by atoms with Crippen molar-refractivity contribution in [2.45, 2.75) is 12.8 Å². The van der Waals surface area contributed by atoms with Gasteiger partial charge in [-0.1, -0.05) is 6.07 Å². The molecule has 23 heavy (non-hydrogen) atoms. The Bertz CT molecular complexity index is 722. The molecule has 2 aromatic rings. The number of hydrogen-bond acceptors (Lipinski definition) is 3. The molecule has 1 aromatic heterocycles. The predicted octanol–water partition coefficient (Wildman–Crippen LogP) is 3.76. The van der Waals surface area contributed by atoms with Crippen molar-refractivity contribution < 1.29 is 18.4 Å². The van der Waals surface area contributed by atoms with Gasteiger partial charge in [-0.05, 0) is 42.5 Å². The molecule has 3 nitrogen and oxygen atoms in total. The Balaban J connectivity index is 1.63. The summed E-state index contributed by atoms with van der Waals surface area (Å²) in [6.07, 6.45) is 1.18. The molecule has 1 amide bonds. The number of ketones is 1.